The summed E-state index contributed by atoms with van der Waals surface area (Å²) in [7, 11) is -8.27. The molecule has 2 aromatic heterocycles. The summed E-state index contributed by atoms with van der Waals surface area (Å²) in [6, 6.07) is 28.5. The van der Waals surface area contributed by atoms with Gasteiger partial charge in [0.25, 0.3) is 0 Å². The molecule has 0 aliphatic carbocycles. The van der Waals surface area contributed by atoms with E-state index < -0.39 is 20.2 Å². The maximum atomic E-state index is 12.9. The summed E-state index contributed by atoms with van der Waals surface area (Å²) in [5, 5.41) is 1.50. The van der Waals surface area contributed by atoms with Crippen molar-refractivity contribution < 1.29 is 29.9 Å². The van der Waals surface area contributed by atoms with Crippen LogP contribution in [0.25, 0.3) is 21.8 Å². The number of rotatable bonds is 8. The monoisotopic (exact) mass is 584 g/mol. The lowest BCUT2D eigenvalue weighted by Crippen LogP contribution is -2.10. The van der Waals surface area contributed by atoms with E-state index in [1.165, 1.54) is 60.7 Å². The van der Waals surface area contributed by atoms with Crippen molar-refractivity contribution in [3.8, 4) is 23.0 Å². The third-order valence-electron chi connectivity index (χ3n) is 6.05. The van der Waals surface area contributed by atoms with Crippen LogP contribution in [0.4, 0.5) is 0 Å². The van der Waals surface area contributed by atoms with Crippen molar-refractivity contribution in [3.63, 3.8) is 0 Å². The van der Waals surface area contributed by atoms with Crippen LogP contribution in [0.2, 0.25) is 0 Å². The highest BCUT2D eigenvalue weighted by Gasteiger charge is 2.20. The molecule has 0 N–H and O–H groups in total. The number of benzene rings is 4. The predicted octanol–water partition coefficient (Wildman–Crippen LogP) is 6.11. The molecule has 0 radical (unpaired) electrons. The Balaban J connectivity index is 1.15. The number of aromatic nitrogens is 2. The van der Waals surface area contributed by atoms with Gasteiger partial charge >= 0.3 is 20.2 Å². The molecule has 2 heterocycles. The molecule has 6 rings (SSSR count). The maximum Gasteiger partial charge on any atom is 0.339 e. The van der Waals surface area contributed by atoms with Crippen LogP contribution in [-0.2, 0) is 20.2 Å². The summed E-state index contributed by atoms with van der Waals surface area (Å²) in [5.41, 5.74) is 0.867. The molecule has 0 saturated heterocycles. The zero-order valence-corrected chi connectivity index (χ0v) is 22.7. The molecule has 0 saturated carbocycles. The summed E-state index contributed by atoms with van der Waals surface area (Å²) in [5.74, 6) is 0.923. The molecule has 0 unspecified atom stereocenters. The molecule has 4 aromatic carbocycles. The van der Waals surface area contributed by atoms with Crippen LogP contribution in [0.5, 0.6) is 23.0 Å². The van der Waals surface area contributed by atoms with Crippen LogP contribution in [0.15, 0.2) is 131 Å². The summed E-state index contributed by atoms with van der Waals surface area (Å²) < 4.78 is 68.1. The number of pyridine rings is 2. The number of ether oxygens (including phenoxy) is 1. The Kier molecular flexibility index (Phi) is 6.73. The lowest BCUT2D eigenvalue weighted by Gasteiger charge is -2.11. The molecule has 0 atom stereocenters. The van der Waals surface area contributed by atoms with Crippen LogP contribution in [0.3, 0.4) is 0 Å². The Morgan fingerprint density at radius 3 is 1.27 bits per heavy atom. The van der Waals surface area contributed by atoms with Crippen molar-refractivity contribution in [3.05, 3.63) is 122 Å². The summed E-state index contributed by atoms with van der Waals surface area (Å²) in [6.07, 6.45) is 3.12. The fraction of sp³-hybridized carbons (Fsp3) is 0. The van der Waals surface area contributed by atoms with Gasteiger partial charge < -0.3 is 13.1 Å². The molecule has 0 fully saturated rings. The summed E-state index contributed by atoms with van der Waals surface area (Å²) in [4.78, 5) is 8.29. The summed E-state index contributed by atoms with van der Waals surface area (Å²) >= 11 is 0. The SMILES string of the molecule is O=S(=O)(Oc1cccc2cccnc12)c1ccc(Oc2ccc(S(=O)(=O)Oc3cccc4cccnc34)cc2)cc1. The molecule has 0 amide bonds. The first-order chi connectivity index (χ1) is 19.8. The quantitative estimate of drug-likeness (QED) is 0.195. The molecule has 0 spiro atoms. The first-order valence-electron chi connectivity index (χ1n) is 12.2. The number of para-hydroxylation sites is 2. The molecule has 6 aromatic rings. The average molecular weight is 585 g/mol. The number of nitrogens with zero attached hydrogens (tertiary/aromatic N) is 2. The Bertz CT molecular complexity index is 1940. The van der Waals surface area contributed by atoms with Gasteiger partial charge in [0.15, 0.2) is 11.5 Å². The van der Waals surface area contributed by atoms with E-state index in [1.807, 2.05) is 24.3 Å². The molecule has 204 valence electrons. The van der Waals surface area contributed by atoms with Gasteiger partial charge in [-0.2, -0.15) is 16.8 Å². The minimum Gasteiger partial charge on any atom is -0.457 e. The first-order valence-corrected chi connectivity index (χ1v) is 15.0. The van der Waals surface area contributed by atoms with Gasteiger partial charge in [-0.15, -0.1) is 0 Å². The Hall–Kier alpha value is -5.00. The topological polar surface area (TPSA) is 122 Å². The van der Waals surface area contributed by atoms with Gasteiger partial charge in [0.05, 0.1) is 0 Å². The maximum absolute atomic E-state index is 12.9. The number of hydrogen-bond acceptors (Lipinski definition) is 9. The van der Waals surface area contributed by atoms with E-state index in [0.717, 1.165) is 10.8 Å². The van der Waals surface area contributed by atoms with E-state index in [2.05, 4.69) is 9.97 Å². The van der Waals surface area contributed by atoms with E-state index in [0.29, 0.717) is 22.5 Å². The molecule has 11 heteroatoms. The fourth-order valence-corrected chi connectivity index (χ4v) is 5.98. The van der Waals surface area contributed by atoms with Gasteiger partial charge in [0, 0.05) is 23.2 Å². The number of fused-ring (bicyclic) bond motifs is 2. The largest absolute Gasteiger partial charge is 0.457 e. The molecular weight excluding hydrogens is 564 g/mol. The highest BCUT2D eigenvalue weighted by atomic mass is 32.2. The molecule has 0 aliphatic rings. The predicted molar refractivity (Wildman–Crippen MR) is 152 cm³/mol. The smallest absolute Gasteiger partial charge is 0.339 e. The molecule has 41 heavy (non-hydrogen) atoms. The zero-order chi connectivity index (χ0) is 28.5. The summed E-state index contributed by atoms with van der Waals surface area (Å²) in [6.45, 7) is 0. The van der Waals surface area contributed by atoms with Crippen LogP contribution in [0, 0.1) is 0 Å². The number of hydrogen-bond donors (Lipinski definition) is 0. The minimum atomic E-state index is -4.14. The van der Waals surface area contributed by atoms with Gasteiger partial charge in [-0.25, -0.2) is 0 Å². The normalized spacial score (nSPS) is 11.8. The molecule has 9 nitrogen and oxygen atoms in total. The lowest BCUT2D eigenvalue weighted by molar-refractivity contribution is 0.478. The Morgan fingerprint density at radius 2 is 0.854 bits per heavy atom. The van der Waals surface area contributed by atoms with E-state index in [-0.39, 0.29) is 21.3 Å². The third kappa shape index (κ3) is 5.53. The standard InChI is InChI=1S/C30H20N2O7S2/c33-40(34,38-27-9-1-5-21-7-3-19-31-29(21)27)25-15-11-23(12-16-25)37-24-13-17-26(18-14-24)41(35,36)39-28-10-2-6-22-8-4-20-32-30(22)28/h1-20H. The minimum absolute atomic E-state index is 0.0701. The van der Waals surface area contributed by atoms with Crippen LogP contribution in [-0.4, -0.2) is 26.8 Å². The lowest BCUT2D eigenvalue weighted by atomic mass is 10.2. The highest BCUT2D eigenvalue weighted by Crippen LogP contribution is 2.30. The van der Waals surface area contributed by atoms with Crippen molar-refractivity contribution >= 4 is 42.0 Å². The van der Waals surface area contributed by atoms with Gasteiger partial charge in [-0.3, -0.25) is 9.97 Å². The van der Waals surface area contributed by atoms with E-state index in [1.54, 1.807) is 36.7 Å². The van der Waals surface area contributed by atoms with Crippen molar-refractivity contribution in [2.24, 2.45) is 0 Å². The second-order valence-electron chi connectivity index (χ2n) is 8.78. The van der Waals surface area contributed by atoms with Gasteiger partial charge in [0.1, 0.15) is 32.3 Å². The second kappa shape index (κ2) is 10.5. The Labute approximate surface area is 235 Å². The molecular formula is C30H20N2O7S2. The van der Waals surface area contributed by atoms with E-state index in [4.69, 9.17) is 13.1 Å². The van der Waals surface area contributed by atoms with Gasteiger partial charge in [-0.05, 0) is 72.8 Å². The molecule has 0 aliphatic heterocycles. The molecule has 0 bridgehead atoms. The Morgan fingerprint density at radius 1 is 0.463 bits per heavy atom. The second-order valence-corrected chi connectivity index (χ2v) is 11.9. The van der Waals surface area contributed by atoms with Crippen molar-refractivity contribution in [2.75, 3.05) is 0 Å². The van der Waals surface area contributed by atoms with Crippen LogP contribution in [0.1, 0.15) is 0 Å². The zero-order valence-electron chi connectivity index (χ0n) is 21.1. The van der Waals surface area contributed by atoms with Crippen molar-refractivity contribution in [2.45, 2.75) is 9.79 Å². The van der Waals surface area contributed by atoms with Crippen molar-refractivity contribution in [1.82, 2.24) is 9.97 Å². The first kappa shape index (κ1) is 26.2. The van der Waals surface area contributed by atoms with Gasteiger partial charge in [0.2, 0.25) is 0 Å². The van der Waals surface area contributed by atoms with Crippen LogP contribution >= 0.6 is 0 Å². The van der Waals surface area contributed by atoms with E-state index in [9.17, 15) is 16.8 Å². The van der Waals surface area contributed by atoms with E-state index >= 15 is 0 Å². The van der Waals surface area contributed by atoms with Crippen molar-refractivity contribution in [1.29, 1.82) is 0 Å². The fourth-order valence-electron chi connectivity index (χ4n) is 4.10. The van der Waals surface area contributed by atoms with Gasteiger partial charge in [-0.1, -0.05) is 36.4 Å². The third-order valence-corrected chi connectivity index (χ3v) is 8.55. The highest BCUT2D eigenvalue weighted by molar-refractivity contribution is 7.87. The van der Waals surface area contributed by atoms with Crippen LogP contribution < -0.4 is 13.1 Å². The average Bonchev–Trinajstić information content (AvgIpc) is 2.98.